The highest BCUT2D eigenvalue weighted by Gasteiger charge is 2.16. The minimum Gasteiger partial charge on any atom is -0.484 e. The van der Waals surface area contributed by atoms with Crippen LogP contribution in [0, 0.1) is 5.82 Å². The highest BCUT2D eigenvalue weighted by Crippen LogP contribution is 2.28. The van der Waals surface area contributed by atoms with E-state index >= 15 is 0 Å². The van der Waals surface area contributed by atoms with Crippen molar-refractivity contribution < 1.29 is 13.9 Å². The summed E-state index contributed by atoms with van der Waals surface area (Å²) in [6, 6.07) is 22.4. The normalized spacial score (nSPS) is 11.8. The molecule has 3 aromatic carbocycles. The molecule has 0 amide bonds. The average Bonchev–Trinajstić information content (AvgIpc) is 3.25. The third kappa shape index (κ3) is 4.26. The summed E-state index contributed by atoms with van der Waals surface area (Å²) >= 11 is 5.86. The summed E-state index contributed by atoms with van der Waals surface area (Å²) in [5, 5.41) is 4.86. The topological polar surface area (TPSA) is 44.1 Å². The highest BCUT2D eigenvalue weighted by atomic mass is 35.5. The van der Waals surface area contributed by atoms with Crippen molar-refractivity contribution in [2.45, 2.75) is 13.0 Å². The number of rotatable bonds is 5. The van der Waals surface area contributed by atoms with Crippen LogP contribution < -0.4 is 4.74 Å². The van der Waals surface area contributed by atoms with Crippen LogP contribution in [0.2, 0.25) is 5.02 Å². The Morgan fingerprint density at radius 1 is 1.03 bits per heavy atom. The van der Waals surface area contributed by atoms with Gasteiger partial charge in [-0.3, -0.25) is 4.79 Å². The lowest BCUT2D eigenvalue weighted by atomic mass is 10.1. The fourth-order valence-electron chi connectivity index (χ4n) is 3.08. The molecular weight excluding hydrogens is 403 g/mol. The number of hydrogen-bond donors (Lipinski definition) is 0. The van der Waals surface area contributed by atoms with E-state index in [-0.39, 0.29) is 11.7 Å². The van der Waals surface area contributed by atoms with Crippen LogP contribution in [0.25, 0.3) is 11.1 Å². The van der Waals surface area contributed by atoms with Crippen molar-refractivity contribution in [2.24, 2.45) is 0 Å². The average molecular weight is 421 g/mol. The molecule has 4 nitrogen and oxygen atoms in total. The van der Waals surface area contributed by atoms with E-state index in [4.69, 9.17) is 16.3 Å². The smallest absolute Gasteiger partial charge is 0.278 e. The third-order valence-corrected chi connectivity index (χ3v) is 4.92. The van der Waals surface area contributed by atoms with Gasteiger partial charge in [0.25, 0.3) is 5.91 Å². The summed E-state index contributed by atoms with van der Waals surface area (Å²) in [6.07, 6.45) is 1.11. The molecule has 6 heteroatoms. The van der Waals surface area contributed by atoms with Gasteiger partial charge in [-0.2, -0.15) is 5.10 Å². The molecule has 4 rings (SSSR count). The van der Waals surface area contributed by atoms with Crippen LogP contribution in [0.15, 0.2) is 85.1 Å². The predicted molar refractivity (Wildman–Crippen MR) is 114 cm³/mol. The Hall–Kier alpha value is -3.44. The van der Waals surface area contributed by atoms with Gasteiger partial charge in [-0.05, 0) is 55.0 Å². The molecule has 0 aliphatic carbocycles. The highest BCUT2D eigenvalue weighted by molar-refractivity contribution is 6.30. The Morgan fingerprint density at radius 3 is 2.47 bits per heavy atom. The van der Waals surface area contributed by atoms with Crippen LogP contribution >= 0.6 is 11.6 Å². The number of halogens is 2. The van der Waals surface area contributed by atoms with Crippen molar-refractivity contribution in [3.8, 4) is 16.9 Å². The van der Waals surface area contributed by atoms with E-state index < -0.39 is 6.10 Å². The number of aromatic nitrogens is 2. The molecule has 0 N–H and O–H groups in total. The lowest BCUT2D eigenvalue weighted by Crippen LogP contribution is -2.14. The van der Waals surface area contributed by atoms with Gasteiger partial charge in [-0.15, -0.1) is 0 Å². The Morgan fingerprint density at radius 2 is 1.77 bits per heavy atom. The van der Waals surface area contributed by atoms with E-state index in [2.05, 4.69) is 5.10 Å². The van der Waals surface area contributed by atoms with Crippen molar-refractivity contribution in [1.29, 1.82) is 0 Å². The second-order valence-corrected chi connectivity index (χ2v) is 7.20. The van der Waals surface area contributed by atoms with Crippen LogP contribution in [-0.2, 0) is 0 Å². The zero-order valence-corrected chi connectivity index (χ0v) is 16.9. The van der Waals surface area contributed by atoms with E-state index in [1.54, 1.807) is 55.6 Å². The van der Waals surface area contributed by atoms with Gasteiger partial charge in [0.2, 0.25) is 0 Å². The van der Waals surface area contributed by atoms with E-state index in [0.717, 1.165) is 5.56 Å². The van der Waals surface area contributed by atoms with Crippen molar-refractivity contribution in [3.05, 3.63) is 107 Å². The monoisotopic (exact) mass is 420 g/mol. The van der Waals surface area contributed by atoms with Gasteiger partial charge < -0.3 is 4.74 Å². The minimum atomic E-state index is -0.466. The molecular formula is C24H18ClFN2O2. The van der Waals surface area contributed by atoms with Crippen LogP contribution in [-0.4, -0.2) is 15.7 Å². The van der Waals surface area contributed by atoms with Crippen molar-refractivity contribution >= 4 is 17.5 Å². The quantitative estimate of drug-likeness (QED) is 0.387. The zero-order chi connectivity index (χ0) is 21.1. The second-order valence-electron chi connectivity index (χ2n) is 6.76. The third-order valence-electron chi connectivity index (χ3n) is 4.66. The molecule has 0 aliphatic heterocycles. The van der Waals surface area contributed by atoms with E-state index in [1.165, 1.54) is 10.7 Å². The Bertz CT molecular complexity index is 1170. The molecule has 0 saturated heterocycles. The first kappa shape index (κ1) is 19.9. The summed E-state index contributed by atoms with van der Waals surface area (Å²) in [7, 11) is 0. The van der Waals surface area contributed by atoms with Crippen LogP contribution in [0.5, 0.6) is 5.75 Å². The molecule has 1 aromatic heterocycles. The molecule has 150 valence electrons. The summed E-state index contributed by atoms with van der Waals surface area (Å²) in [4.78, 5) is 12.5. The maximum absolute atomic E-state index is 14.6. The SMILES string of the molecule is CC(Oc1ccc(-c2ccccc2)c(F)c1)c1ccn(C(=O)c2ccc(Cl)cc2)n1. The number of carbonyl (C=O) groups is 1. The summed E-state index contributed by atoms with van der Waals surface area (Å²) in [6.45, 7) is 1.79. The molecule has 0 bridgehead atoms. The van der Waals surface area contributed by atoms with Crippen molar-refractivity contribution in [1.82, 2.24) is 9.78 Å². The lowest BCUT2D eigenvalue weighted by molar-refractivity contribution is 0.0943. The molecule has 0 aliphatic rings. The van der Waals surface area contributed by atoms with E-state index in [9.17, 15) is 9.18 Å². The molecule has 1 atom stereocenters. The minimum absolute atomic E-state index is 0.275. The van der Waals surface area contributed by atoms with Gasteiger partial charge >= 0.3 is 0 Å². The van der Waals surface area contributed by atoms with E-state index in [0.29, 0.717) is 27.6 Å². The van der Waals surface area contributed by atoms with Crippen LogP contribution in [0.3, 0.4) is 0 Å². The fraction of sp³-hybridized carbons (Fsp3) is 0.0833. The largest absolute Gasteiger partial charge is 0.484 e. The molecule has 0 radical (unpaired) electrons. The Balaban J connectivity index is 1.48. The van der Waals surface area contributed by atoms with E-state index in [1.807, 2.05) is 30.3 Å². The van der Waals surface area contributed by atoms with Crippen molar-refractivity contribution in [2.75, 3.05) is 0 Å². The summed E-state index contributed by atoms with van der Waals surface area (Å²) in [5.41, 5.74) is 2.34. The maximum atomic E-state index is 14.6. The molecule has 1 heterocycles. The number of nitrogens with zero attached hydrogens (tertiary/aromatic N) is 2. The first-order valence-corrected chi connectivity index (χ1v) is 9.76. The number of hydrogen-bond acceptors (Lipinski definition) is 3. The van der Waals surface area contributed by atoms with Gasteiger partial charge in [0.15, 0.2) is 0 Å². The molecule has 0 saturated carbocycles. The fourth-order valence-corrected chi connectivity index (χ4v) is 3.20. The second kappa shape index (κ2) is 8.51. The summed E-state index contributed by atoms with van der Waals surface area (Å²) in [5.74, 6) is -0.254. The first-order valence-electron chi connectivity index (χ1n) is 9.39. The van der Waals surface area contributed by atoms with Crippen LogP contribution in [0.4, 0.5) is 4.39 Å². The summed E-state index contributed by atoms with van der Waals surface area (Å²) < 4.78 is 21.7. The predicted octanol–water partition coefficient (Wildman–Crippen LogP) is 6.17. The molecule has 0 spiro atoms. The van der Waals surface area contributed by atoms with Gasteiger partial charge in [0.05, 0.1) is 0 Å². The lowest BCUT2D eigenvalue weighted by Gasteiger charge is -2.13. The van der Waals surface area contributed by atoms with Crippen molar-refractivity contribution in [3.63, 3.8) is 0 Å². The maximum Gasteiger partial charge on any atom is 0.278 e. The Labute approximate surface area is 178 Å². The Kier molecular flexibility index (Phi) is 5.63. The van der Waals surface area contributed by atoms with Gasteiger partial charge in [0.1, 0.15) is 23.4 Å². The van der Waals surface area contributed by atoms with Gasteiger partial charge in [-0.1, -0.05) is 41.9 Å². The zero-order valence-electron chi connectivity index (χ0n) is 16.1. The van der Waals surface area contributed by atoms with Gasteiger partial charge in [-0.25, -0.2) is 9.07 Å². The molecule has 30 heavy (non-hydrogen) atoms. The van der Waals surface area contributed by atoms with Gasteiger partial charge in [0, 0.05) is 28.4 Å². The number of benzene rings is 3. The standard InChI is InChI=1S/C24H18ClFN2O2/c1-16(23-13-14-28(27-23)24(29)18-7-9-19(25)10-8-18)30-20-11-12-21(22(26)15-20)17-5-3-2-4-6-17/h2-16H,1H3. The van der Waals surface area contributed by atoms with Crippen LogP contribution in [0.1, 0.15) is 29.1 Å². The molecule has 0 fully saturated rings. The first-order chi connectivity index (χ1) is 14.5. The number of ether oxygens (including phenoxy) is 1. The number of carbonyl (C=O) groups excluding carboxylic acids is 1. The molecule has 1 unspecified atom stereocenters. The molecule has 4 aromatic rings.